The molecule has 0 aromatic heterocycles. The smallest absolute Gasteiger partial charge is 0.407 e. The Labute approximate surface area is 221 Å². The van der Waals surface area contributed by atoms with Gasteiger partial charge in [-0.1, -0.05) is 60.7 Å². The third kappa shape index (κ3) is 14.7. The van der Waals surface area contributed by atoms with E-state index in [0.717, 1.165) is 11.1 Å². The van der Waals surface area contributed by atoms with E-state index in [4.69, 9.17) is 18.9 Å². The van der Waals surface area contributed by atoms with Crippen molar-refractivity contribution in [2.45, 2.75) is 58.7 Å². The largest absolute Gasteiger partial charge is 0.444 e. The zero-order chi connectivity index (χ0) is 26.9. The van der Waals surface area contributed by atoms with Crippen LogP contribution in [0.3, 0.4) is 0 Å². The number of rotatable bonds is 17. The normalized spacial score (nSPS) is 13.4. The minimum Gasteiger partial charge on any atom is -0.444 e. The number of benzene rings is 2. The Morgan fingerprint density at radius 2 is 1.38 bits per heavy atom. The fourth-order valence-corrected chi connectivity index (χ4v) is 3.52. The van der Waals surface area contributed by atoms with Gasteiger partial charge in [0.25, 0.3) is 0 Å². The number of alkyl halides is 1. The molecule has 0 saturated heterocycles. The second-order valence-corrected chi connectivity index (χ2v) is 9.89. The van der Waals surface area contributed by atoms with Crippen LogP contribution in [0.1, 0.15) is 38.8 Å². The molecule has 0 saturated carbocycles. The van der Waals surface area contributed by atoms with E-state index in [1.54, 1.807) is 6.92 Å². The second-order valence-electron chi connectivity index (χ2n) is 9.89. The molecule has 8 heteroatoms. The van der Waals surface area contributed by atoms with E-state index in [0.29, 0.717) is 52.7 Å². The highest BCUT2D eigenvalue weighted by Gasteiger charge is 2.21. The van der Waals surface area contributed by atoms with Crippen LogP contribution in [0.4, 0.5) is 9.18 Å². The van der Waals surface area contributed by atoms with Crippen molar-refractivity contribution in [3.8, 4) is 0 Å². The van der Waals surface area contributed by atoms with Crippen molar-refractivity contribution in [2.75, 3.05) is 46.1 Å². The minimum absolute atomic E-state index is 0.275. The van der Waals surface area contributed by atoms with Crippen LogP contribution in [0.25, 0.3) is 0 Å². The number of hydrogen-bond donors (Lipinski definition) is 1. The lowest BCUT2D eigenvalue weighted by molar-refractivity contribution is -0.0375. The molecular formula is C29H43FN2O5. The highest BCUT2D eigenvalue weighted by molar-refractivity contribution is 5.67. The lowest BCUT2D eigenvalue weighted by atomic mass is 10.1. The maximum absolute atomic E-state index is 15.1. The van der Waals surface area contributed by atoms with Gasteiger partial charge in [0.2, 0.25) is 0 Å². The van der Waals surface area contributed by atoms with Crippen LogP contribution in [0.2, 0.25) is 0 Å². The quantitative estimate of drug-likeness (QED) is 0.298. The van der Waals surface area contributed by atoms with Gasteiger partial charge in [0.15, 0.2) is 0 Å². The van der Waals surface area contributed by atoms with Gasteiger partial charge in [-0.15, -0.1) is 0 Å². The van der Waals surface area contributed by atoms with Crippen LogP contribution < -0.4 is 5.32 Å². The Hall–Kier alpha value is -2.52. The third-order valence-corrected chi connectivity index (χ3v) is 5.34. The van der Waals surface area contributed by atoms with E-state index >= 15 is 4.39 Å². The molecule has 0 aliphatic rings. The van der Waals surface area contributed by atoms with Crippen LogP contribution in [0.5, 0.6) is 0 Å². The molecule has 0 fully saturated rings. The van der Waals surface area contributed by atoms with E-state index in [1.165, 1.54) is 0 Å². The molecule has 0 heterocycles. The highest BCUT2D eigenvalue weighted by Crippen LogP contribution is 2.14. The molecule has 2 atom stereocenters. The van der Waals surface area contributed by atoms with E-state index in [-0.39, 0.29) is 6.54 Å². The lowest BCUT2D eigenvalue weighted by Crippen LogP contribution is -2.36. The third-order valence-electron chi connectivity index (χ3n) is 5.34. The molecule has 0 bridgehead atoms. The highest BCUT2D eigenvalue weighted by atomic mass is 19.1. The molecule has 2 aromatic rings. The van der Waals surface area contributed by atoms with Crippen LogP contribution in [-0.4, -0.2) is 75.0 Å². The first-order valence-electron chi connectivity index (χ1n) is 12.9. The van der Waals surface area contributed by atoms with Gasteiger partial charge < -0.3 is 24.3 Å². The van der Waals surface area contributed by atoms with Gasteiger partial charge in [-0.2, -0.15) is 0 Å². The number of nitrogens with zero attached hydrogens (tertiary/aromatic N) is 1. The van der Waals surface area contributed by atoms with Crippen molar-refractivity contribution >= 4 is 6.09 Å². The van der Waals surface area contributed by atoms with Gasteiger partial charge in [0.05, 0.1) is 39.1 Å². The zero-order valence-electron chi connectivity index (χ0n) is 22.7. The molecule has 37 heavy (non-hydrogen) atoms. The first-order chi connectivity index (χ1) is 17.7. The second kappa shape index (κ2) is 17.1. The van der Waals surface area contributed by atoms with E-state index in [1.807, 2.05) is 57.2 Å². The summed E-state index contributed by atoms with van der Waals surface area (Å²) in [6, 6.07) is 20.2. The molecule has 1 amide bonds. The summed E-state index contributed by atoms with van der Waals surface area (Å²) in [7, 11) is 0. The number of ether oxygens (including phenoxy) is 4. The summed E-state index contributed by atoms with van der Waals surface area (Å²) in [5, 5.41) is 2.63. The standard InChI is InChI=1S/C29H43FN2O5/c1-24(36-20-19-35-18-17-34-16-15-31-28(33)37-29(2,3)4)27(30)23-32(21-25-11-7-5-8-12-25)22-26-13-9-6-10-14-26/h5-14,24,27H,15-23H2,1-4H3,(H,31,33). The molecular weight excluding hydrogens is 475 g/mol. The molecule has 2 aromatic carbocycles. The van der Waals surface area contributed by atoms with Crippen LogP contribution in [-0.2, 0) is 32.0 Å². The Bertz CT molecular complexity index is 822. The topological polar surface area (TPSA) is 69.3 Å². The molecule has 2 unspecified atom stereocenters. The van der Waals surface area contributed by atoms with Crippen LogP contribution in [0.15, 0.2) is 60.7 Å². The average molecular weight is 519 g/mol. The first-order valence-corrected chi connectivity index (χ1v) is 12.9. The minimum atomic E-state index is -1.13. The lowest BCUT2D eigenvalue weighted by Gasteiger charge is -2.27. The van der Waals surface area contributed by atoms with Crippen molar-refractivity contribution in [2.24, 2.45) is 0 Å². The molecule has 0 radical (unpaired) electrons. The summed E-state index contributed by atoms with van der Waals surface area (Å²) in [6.45, 7) is 11.0. The van der Waals surface area contributed by atoms with Crippen molar-refractivity contribution in [3.05, 3.63) is 71.8 Å². The predicted octanol–water partition coefficient (Wildman–Crippen LogP) is 4.99. The van der Waals surface area contributed by atoms with Crippen molar-refractivity contribution in [3.63, 3.8) is 0 Å². The van der Waals surface area contributed by atoms with E-state index in [2.05, 4.69) is 34.5 Å². The van der Waals surface area contributed by atoms with Crippen molar-refractivity contribution in [1.29, 1.82) is 0 Å². The van der Waals surface area contributed by atoms with Gasteiger partial charge in [-0.25, -0.2) is 9.18 Å². The number of carbonyl (C=O) groups is 1. The summed E-state index contributed by atoms with van der Waals surface area (Å²) >= 11 is 0. The zero-order valence-corrected chi connectivity index (χ0v) is 22.7. The van der Waals surface area contributed by atoms with Crippen molar-refractivity contribution in [1.82, 2.24) is 10.2 Å². The van der Waals surface area contributed by atoms with Gasteiger partial charge in [0, 0.05) is 26.2 Å². The summed E-state index contributed by atoms with van der Waals surface area (Å²) in [5.74, 6) is 0. The fraction of sp³-hybridized carbons (Fsp3) is 0.552. The molecule has 1 N–H and O–H groups in total. The Balaban J connectivity index is 1.60. The number of halogens is 1. The van der Waals surface area contributed by atoms with Gasteiger partial charge in [-0.3, -0.25) is 4.90 Å². The van der Waals surface area contributed by atoms with Crippen LogP contribution >= 0.6 is 0 Å². The Kier molecular flexibility index (Phi) is 14.2. The summed E-state index contributed by atoms with van der Waals surface area (Å²) < 4.78 is 36.8. The van der Waals surface area contributed by atoms with Gasteiger partial charge in [-0.05, 0) is 38.8 Å². The van der Waals surface area contributed by atoms with Crippen molar-refractivity contribution < 1.29 is 28.1 Å². The maximum atomic E-state index is 15.1. The number of hydrogen-bond acceptors (Lipinski definition) is 6. The fourth-order valence-electron chi connectivity index (χ4n) is 3.52. The summed E-state index contributed by atoms with van der Waals surface area (Å²) in [5.41, 5.74) is 1.77. The summed E-state index contributed by atoms with van der Waals surface area (Å²) in [6.07, 6.45) is -2.14. The predicted molar refractivity (Wildman–Crippen MR) is 143 cm³/mol. The molecule has 0 aliphatic heterocycles. The van der Waals surface area contributed by atoms with E-state index in [9.17, 15) is 4.79 Å². The van der Waals surface area contributed by atoms with Crippen LogP contribution in [0, 0.1) is 0 Å². The molecule has 7 nitrogen and oxygen atoms in total. The number of carbonyl (C=O) groups excluding carboxylic acids is 1. The van der Waals surface area contributed by atoms with Gasteiger partial charge in [0.1, 0.15) is 11.8 Å². The number of alkyl carbamates (subject to hydrolysis) is 1. The molecule has 0 aliphatic carbocycles. The Morgan fingerprint density at radius 3 is 1.92 bits per heavy atom. The molecule has 2 rings (SSSR count). The van der Waals surface area contributed by atoms with Gasteiger partial charge >= 0.3 is 6.09 Å². The summed E-state index contributed by atoms with van der Waals surface area (Å²) in [4.78, 5) is 13.6. The number of amides is 1. The SMILES string of the molecule is CC(OCCOCCOCCNC(=O)OC(C)(C)C)C(F)CN(Cc1ccccc1)Cc1ccccc1. The molecule has 0 spiro atoms. The Morgan fingerprint density at radius 1 is 0.865 bits per heavy atom. The first kappa shape index (κ1) is 30.7. The molecule has 206 valence electrons. The maximum Gasteiger partial charge on any atom is 0.407 e. The average Bonchev–Trinajstić information content (AvgIpc) is 2.85. The monoisotopic (exact) mass is 518 g/mol. The van der Waals surface area contributed by atoms with E-state index < -0.39 is 24.0 Å². The number of nitrogens with one attached hydrogen (secondary N) is 1.